The Hall–Kier alpha value is -2.16. The Morgan fingerprint density at radius 1 is 1.11 bits per heavy atom. The van der Waals surface area contributed by atoms with Crippen molar-refractivity contribution in [2.75, 3.05) is 6.26 Å². The first kappa shape index (κ1) is 13.3. The molecule has 0 atom stereocenters. The number of pyridine rings is 1. The van der Waals surface area contributed by atoms with Gasteiger partial charge in [-0.25, -0.2) is 4.99 Å². The molecule has 0 bridgehead atoms. The summed E-state index contributed by atoms with van der Waals surface area (Å²) in [4.78, 5) is 4.56. The van der Waals surface area contributed by atoms with E-state index < -0.39 is 0 Å². The van der Waals surface area contributed by atoms with Crippen molar-refractivity contribution < 1.29 is 4.57 Å². The maximum absolute atomic E-state index is 7.49. The van der Waals surface area contributed by atoms with Crippen molar-refractivity contribution in [1.82, 2.24) is 0 Å². The van der Waals surface area contributed by atoms with E-state index in [-0.39, 0.29) is 0 Å². The molecule has 19 heavy (non-hydrogen) atoms. The minimum Gasteiger partial charge on any atom is -0.253 e. The fraction of sp³-hybridized carbons (Fsp3) is 0.0667. The number of aromatic nitrogens is 1. The minimum atomic E-state index is 0.636. The number of nitrogens with zero attached hydrogens (tertiary/aromatic N) is 2. The van der Waals surface area contributed by atoms with Crippen LogP contribution in [0, 0.1) is 5.41 Å². The fourth-order valence-electron chi connectivity index (χ4n) is 1.59. The molecule has 0 radical (unpaired) electrons. The Kier molecular flexibility index (Phi) is 4.67. The molecule has 94 valence electrons. The molecule has 4 heteroatoms. The van der Waals surface area contributed by atoms with Crippen molar-refractivity contribution in [3.8, 4) is 0 Å². The average Bonchev–Trinajstić information content (AvgIpc) is 2.49. The van der Waals surface area contributed by atoms with E-state index in [0.29, 0.717) is 5.70 Å². The number of nitrogens with one attached hydrogen (secondary N) is 1. The van der Waals surface area contributed by atoms with Crippen molar-refractivity contribution in [2.24, 2.45) is 4.99 Å². The van der Waals surface area contributed by atoms with Crippen LogP contribution >= 0.6 is 11.8 Å². The zero-order valence-electron chi connectivity index (χ0n) is 10.6. The second kappa shape index (κ2) is 6.69. The molecule has 0 saturated carbocycles. The third kappa shape index (κ3) is 3.41. The molecular weight excluding hydrogens is 254 g/mol. The van der Waals surface area contributed by atoms with Crippen molar-refractivity contribution >= 4 is 34.1 Å². The van der Waals surface area contributed by atoms with Gasteiger partial charge in [-0.2, -0.15) is 4.57 Å². The highest BCUT2D eigenvalue weighted by Crippen LogP contribution is 2.16. The lowest BCUT2D eigenvalue weighted by atomic mass is 10.3. The lowest BCUT2D eigenvalue weighted by Crippen LogP contribution is -2.34. The molecular formula is C15H14N3S+. The van der Waals surface area contributed by atoms with E-state index in [0.717, 1.165) is 10.7 Å². The van der Waals surface area contributed by atoms with Gasteiger partial charge in [0.15, 0.2) is 17.4 Å². The molecule has 1 aromatic heterocycles. The molecule has 2 aromatic rings. The molecule has 2 rings (SSSR count). The Bertz CT molecular complexity index is 614. The second-order valence-corrected chi connectivity index (χ2v) is 4.51. The number of hydrogen-bond donors (Lipinski definition) is 1. The van der Waals surface area contributed by atoms with E-state index >= 15 is 0 Å². The highest BCUT2D eigenvalue weighted by Gasteiger charge is 2.16. The number of aliphatic imine (C=N–C) groups is 1. The maximum Gasteiger partial charge on any atom is 0.305 e. The van der Waals surface area contributed by atoms with Crippen LogP contribution in [0.3, 0.4) is 0 Å². The van der Waals surface area contributed by atoms with Gasteiger partial charge in [0.2, 0.25) is 0 Å². The molecule has 0 spiro atoms. The first-order chi connectivity index (χ1) is 9.35. The molecule has 0 saturated heterocycles. The smallest absolute Gasteiger partial charge is 0.253 e. The van der Waals surface area contributed by atoms with Crippen LogP contribution in [0.1, 0.15) is 0 Å². The van der Waals surface area contributed by atoms with Gasteiger partial charge in [0.25, 0.3) is 0 Å². The quantitative estimate of drug-likeness (QED) is 0.518. The normalized spacial score (nSPS) is 10.9. The van der Waals surface area contributed by atoms with Gasteiger partial charge in [0, 0.05) is 12.1 Å². The summed E-state index contributed by atoms with van der Waals surface area (Å²) < 4.78 is 1.84. The van der Waals surface area contributed by atoms with Gasteiger partial charge in [0.1, 0.15) is 0 Å². The predicted molar refractivity (Wildman–Crippen MR) is 81.1 cm³/mol. The topological polar surface area (TPSA) is 40.1 Å². The van der Waals surface area contributed by atoms with Crippen LogP contribution in [0.15, 0.2) is 65.9 Å². The van der Waals surface area contributed by atoms with E-state index in [4.69, 9.17) is 5.41 Å². The van der Waals surface area contributed by atoms with Gasteiger partial charge in [-0.1, -0.05) is 24.3 Å². The largest absolute Gasteiger partial charge is 0.305 e. The minimum absolute atomic E-state index is 0.636. The lowest BCUT2D eigenvalue weighted by molar-refractivity contribution is -0.574. The van der Waals surface area contributed by atoms with E-state index in [1.54, 1.807) is 0 Å². The molecule has 1 heterocycles. The molecule has 1 aromatic carbocycles. The van der Waals surface area contributed by atoms with Gasteiger partial charge < -0.3 is 0 Å². The molecule has 0 aliphatic heterocycles. The van der Waals surface area contributed by atoms with Gasteiger partial charge >= 0.3 is 5.70 Å². The van der Waals surface area contributed by atoms with Crippen molar-refractivity contribution in [3.05, 3.63) is 60.9 Å². The molecule has 3 nitrogen and oxygen atoms in total. The lowest BCUT2D eigenvalue weighted by Gasteiger charge is -2.01. The van der Waals surface area contributed by atoms with Gasteiger partial charge in [-0.3, -0.25) is 5.41 Å². The number of benzene rings is 1. The zero-order valence-corrected chi connectivity index (χ0v) is 11.4. The number of rotatable bonds is 3. The van der Waals surface area contributed by atoms with Gasteiger partial charge in [0.05, 0.1) is 11.6 Å². The Morgan fingerprint density at radius 3 is 2.32 bits per heavy atom. The average molecular weight is 268 g/mol. The van der Waals surface area contributed by atoms with Crippen LogP contribution in [0.4, 0.5) is 5.69 Å². The summed E-state index contributed by atoms with van der Waals surface area (Å²) in [7, 11) is 0. The molecule has 0 unspecified atom stereocenters. The predicted octanol–water partition coefficient (Wildman–Crippen LogP) is 3.16. The zero-order chi connectivity index (χ0) is 13.5. The fourth-order valence-corrected chi connectivity index (χ4v) is 2.14. The Balaban J connectivity index is 2.42. The first-order valence-electron chi connectivity index (χ1n) is 5.79. The molecule has 0 aliphatic carbocycles. The van der Waals surface area contributed by atoms with Crippen LogP contribution in [-0.4, -0.2) is 17.2 Å². The number of para-hydroxylation sites is 1. The van der Waals surface area contributed by atoms with E-state index in [9.17, 15) is 0 Å². The third-order valence-electron chi connectivity index (χ3n) is 2.47. The van der Waals surface area contributed by atoms with E-state index in [2.05, 4.69) is 10.9 Å². The summed E-state index contributed by atoms with van der Waals surface area (Å²) in [5.41, 5.74) is 1.51. The number of thioether (sulfide) groups is 1. The summed E-state index contributed by atoms with van der Waals surface area (Å²) in [5, 5.41) is 8.26. The van der Waals surface area contributed by atoms with Crippen LogP contribution < -0.4 is 4.57 Å². The third-order valence-corrected chi connectivity index (χ3v) is 3.15. The second-order valence-electron chi connectivity index (χ2n) is 3.71. The summed E-state index contributed by atoms with van der Waals surface area (Å²) >= 11 is 1.50. The van der Waals surface area contributed by atoms with Gasteiger partial charge in [-0.05, 0) is 18.4 Å². The highest BCUT2D eigenvalue weighted by atomic mass is 32.2. The molecule has 1 N–H and O–H groups in total. The first-order valence-corrected chi connectivity index (χ1v) is 7.02. The SMILES string of the molecule is CSC(=Nc1ccccc1)C(=C=N)[n+]1ccccc1. The van der Waals surface area contributed by atoms with Crippen LogP contribution in [-0.2, 0) is 0 Å². The summed E-state index contributed by atoms with van der Waals surface area (Å²) in [6.45, 7) is 0. The van der Waals surface area contributed by atoms with Crippen molar-refractivity contribution in [3.63, 3.8) is 0 Å². The Morgan fingerprint density at radius 2 is 1.74 bits per heavy atom. The molecule has 0 aliphatic rings. The molecule has 0 amide bonds. The summed E-state index contributed by atoms with van der Waals surface area (Å²) in [5.74, 6) is 2.47. The van der Waals surface area contributed by atoms with E-state index in [1.807, 2.05) is 71.7 Å². The number of hydrogen-bond acceptors (Lipinski definition) is 3. The van der Waals surface area contributed by atoms with Gasteiger partial charge in [-0.15, -0.1) is 11.8 Å². The summed E-state index contributed by atoms with van der Waals surface area (Å²) in [6, 6.07) is 15.5. The highest BCUT2D eigenvalue weighted by molar-refractivity contribution is 8.14. The maximum atomic E-state index is 7.49. The van der Waals surface area contributed by atoms with Crippen LogP contribution in [0.2, 0.25) is 0 Å². The van der Waals surface area contributed by atoms with Crippen LogP contribution in [0.25, 0.3) is 5.70 Å². The van der Waals surface area contributed by atoms with E-state index in [1.165, 1.54) is 11.8 Å². The van der Waals surface area contributed by atoms with Crippen molar-refractivity contribution in [1.29, 1.82) is 5.41 Å². The molecule has 0 fully saturated rings. The standard InChI is InChI=1S/C15H14N3S/c1-19-15(17-13-8-4-2-5-9-13)14(12-16)18-10-6-3-7-11-18/h2-11,16H,1H3/q+1. The Labute approximate surface area is 116 Å². The summed E-state index contributed by atoms with van der Waals surface area (Å²) in [6.07, 6.45) is 5.71. The monoisotopic (exact) mass is 268 g/mol. The van der Waals surface area contributed by atoms with Crippen molar-refractivity contribution in [2.45, 2.75) is 0 Å². The van der Waals surface area contributed by atoms with Crippen LogP contribution in [0.5, 0.6) is 0 Å².